The van der Waals surface area contributed by atoms with Crippen molar-refractivity contribution in [2.45, 2.75) is 24.3 Å². The largest absolute Gasteiger partial charge is 0.398 e. The van der Waals surface area contributed by atoms with E-state index < -0.39 is 10.0 Å². The number of sulfonamides is 1. The van der Waals surface area contributed by atoms with Crippen LogP contribution >= 0.6 is 11.8 Å². The maximum atomic E-state index is 12.5. The molecule has 110 valence electrons. The molecule has 1 aromatic carbocycles. The average Bonchev–Trinajstić information content (AvgIpc) is 2.43. The molecule has 0 heterocycles. The lowest BCUT2D eigenvalue weighted by Gasteiger charge is -2.24. The van der Waals surface area contributed by atoms with Gasteiger partial charge in [-0.1, -0.05) is 0 Å². The summed E-state index contributed by atoms with van der Waals surface area (Å²) in [7, 11) is -2.08. The molecule has 0 radical (unpaired) electrons. The lowest BCUT2D eigenvalue weighted by atomic mass is 10.2. The van der Waals surface area contributed by atoms with Gasteiger partial charge in [0.05, 0.1) is 17.3 Å². The van der Waals surface area contributed by atoms with Crippen LogP contribution in [0.2, 0.25) is 0 Å². The van der Waals surface area contributed by atoms with Crippen molar-refractivity contribution in [2.24, 2.45) is 0 Å². The van der Waals surface area contributed by atoms with Gasteiger partial charge in [-0.2, -0.15) is 21.3 Å². The lowest BCUT2D eigenvalue weighted by Crippen LogP contribution is -2.35. The van der Waals surface area contributed by atoms with E-state index in [2.05, 4.69) is 0 Å². The zero-order chi connectivity index (χ0) is 15.3. The van der Waals surface area contributed by atoms with Gasteiger partial charge in [0, 0.05) is 13.1 Å². The zero-order valence-corrected chi connectivity index (χ0v) is 13.5. The number of hydrogen-bond acceptors (Lipinski definition) is 5. The van der Waals surface area contributed by atoms with Crippen LogP contribution < -0.4 is 5.73 Å². The maximum Gasteiger partial charge on any atom is 0.245 e. The Morgan fingerprint density at radius 3 is 2.65 bits per heavy atom. The summed E-state index contributed by atoms with van der Waals surface area (Å²) in [6.45, 7) is 1.87. The van der Waals surface area contributed by atoms with E-state index >= 15 is 0 Å². The minimum atomic E-state index is -3.63. The van der Waals surface area contributed by atoms with Crippen LogP contribution in [0.25, 0.3) is 0 Å². The first-order valence-corrected chi connectivity index (χ1v) is 8.94. The van der Waals surface area contributed by atoms with Crippen LogP contribution in [0.5, 0.6) is 0 Å². The number of nitriles is 1. The van der Waals surface area contributed by atoms with Gasteiger partial charge in [0.2, 0.25) is 10.0 Å². The second-order valence-corrected chi connectivity index (χ2v) is 7.47. The van der Waals surface area contributed by atoms with Gasteiger partial charge in [-0.15, -0.1) is 0 Å². The van der Waals surface area contributed by atoms with Gasteiger partial charge in [0.15, 0.2) is 0 Å². The molecule has 0 fully saturated rings. The third-order valence-electron chi connectivity index (χ3n) is 3.16. The molecule has 7 heteroatoms. The number of nitrogens with two attached hydrogens (primary N) is 1. The van der Waals surface area contributed by atoms with Crippen LogP contribution in [0.15, 0.2) is 23.1 Å². The first kappa shape index (κ1) is 16.8. The number of nitrogen functional groups attached to an aromatic ring is 1. The Kier molecular flexibility index (Phi) is 5.87. The van der Waals surface area contributed by atoms with Gasteiger partial charge in [-0.25, -0.2) is 8.42 Å². The van der Waals surface area contributed by atoms with Crippen molar-refractivity contribution in [2.75, 3.05) is 24.8 Å². The molecule has 2 N–H and O–H groups in total. The van der Waals surface area contributed by atoms with Crippen molar-refractivity contribution >= 4 is 27.5 Å². The van der Waals surface area contributed by atoms with Gasteiger partial charge in [-0.3, -0.25) is 0 Å². The summed E-state index contributed by atoms with van der Waals surface area (Å²) in [5, 5.41) is 8.78. The maximum absolute atomic E-state index is 12.5. The second-order valence-electron chi connectivity index (χ2n) is 4.52. The van der Waals surface area contributed by atoms with E-state index in [1.807, 2.05) is 19.2 Å². The summed E-state index contributed by atoms with van der Waals surface area (Å²) in [5.41, 5.74) is 6.21. The Hall–Kier alpha value is -1.23. The van der Waals surface area contributed by atoms with Crippen LogP contribution in [0, 0.1) is 11.3 Å². The van der Waals surface area contributed by atoms with Crippen LogP contribution in [-0.4, -0.2) is 37.8 Å². The predicted octanol–water partition coefficient (Wildman–Crippen LogP) is 1.90. The Labute approximate surface area is 124 Å². The summed E-state index contributed by atoms with van der Waals surface area (Å²) in [4.78, 5) is 0.0509. The van der Waals surface area contributed by atoms with Gasteiger partial charge >= 0.3 is 0 Å². The molecule has 20 heavy (non-hydrogen) atoms. The van der Waals surface area contributed by atoms with E-state index in [-0.39, 0.29) is 16.6 Å². The summed E-state index contributed by atoms with van der Waals surface area (Å²) in [6.07, 6.45) is 2.76. The number of rotatable bonds is 6. The van der Waals surface area contributed by atoms with Gasteiger partial charge in [0.25, 0.3) is 0 Å². The molecular weight excluding hydrogens is 294 g/mol. The summed E-state index contributed by atoms with van der Waals surface area (Å²) < 4.78 is 26.4. The monoisotopic (exact) mass is 313 g/mol. The standard InChI is InChI=1S/C13H19N3O2S2/c1-10(6-7-19-3)16(2)20(17,18)13-5-4-11(9-14)8-12(13)15/h4-5,8,10H,6-7,15H2,1-3H3. The van der Waals surface area contributed by atoms with E-state index in [1.165, 1.54) is 22.5 Å². The highest BCUT2D eigenvalue weighted by molar-refractivity contribution is 7.98. The highest BCUT2D eigenvalue weighted by Gasteiger charge is 2.27. The number of anilines is 1. The number of benzene rings is 1. The Bertz CT molecular complexity index is 609. The topological polar surface area (TPSA) is 87.2 Å². The lowest BCUT2D eigenvalue weighted by molar-refractivity contribution is 0.382. The Morgan fingerprint density at radius 1 is 1.50 bits per heavy atom. The molecule has 1 unspecified atom stereocenters. The molecule has 1 atom stereocenters. The molecule has 0 saturated carbocycles. The second kappa shape index (κ2) is 6.97. The minimum absolute atomic E-state index is 0.0509. The fourth-order valence-electron chi connectivity index (χ4n) is 1.72. The van der Waals surface area contributed by atoms with Crippen molar-refractivity contribution in [3.05, 3.63) is 23.8 Å². The molecule has 0 aromatic heterocycles. The third-order valence-corrected chi connectivity index (χ3v) is 5.85. The minimum Gasteiger partial charge on any atom is -0.398 e. The summed E-state index contributed by atoms with van der Waals surface area (Å²) >= 11 is 1.68. The molecule has 0 bridgehead atoms. The Balaban J connectivity index is 3.08. The molecule has 0 spiro atoms. The third kappa shape index (κ3) is 3.66. The fourth-order valence-corrected chi connectivity index (χ4v) is 3.78. The van der Waals surface area contributed by atoms with Crippen LogP contribution in [0.4, 0.5) is 5.69 Å². The van der Waals surface area contributed by atoms with Gasteiger partial charge in [-0.05, 0) is 43.6 Å². The molecule has 0 aliphatic heterocycles. The van der Waals surface area contributed by atoms with Crippen molar-refractivity contribution in [1.29, 1.82) is 5.26 Å². The van der Waals surface area contributed by atoms with E-state index in [1.54, 1.807) is 18.8 Å². The van der Waals surface area contributed by atoms with E-state index in [9.17, 15) is 8.42 Å². The van der Waals surface area contributed by atoms with Crippen molar-refractivity contribution < 1.29 is 8.42 Å². The molecule has 0 saturated heterocycles. The average molecular weight is 313 g/mol. The number of thioether (sulfide) groups is 1. The molecule has 1 aromatic rings. The predicted molar refractivity (Wildman–Crippen MR) is 83.0 cm³/mol. The molecule has 0 amide bonds. The first-order valence-electron chi connectivity index (χ1n) is 6.11. The van der Waals surface area contributed by atoms with E-state index in [0.29, 0.717) is 5.56 Å². The van der Waals surface area contributed by atoms with Crippen LogP contribution in [-0.2, 0) is 10.0 Å². The van der Waals surface area contributed by atoms with Crippen molar-refractivity contribution in [3.8, 4) is 6.07 Å². The SMILES string of the molecule is CSCCC(C)N(C)S(=O)(=O)c1ccc(C#N)cc1N. The first-order chi connectivity index (χ1) is 9.34. The summed E-state index contributed by atoms with van der Waals surface area (Å²) in [5.74, 6) is 0.893. The molecular formula is C13H19N3O2S2. The van der Waals surface area contributed by atoms with E-state index in [0.717, 1.165) is 12.2 Å². The fraction of sp³-hybridized carbons (Fsp3) is 0.462. The quantitative estimate of drug-likeness (QED) is 0.811. The van der Waals surface area contributed by atoms with E-state index in [4.69, 9.17) is 11.0 Å². The van der Waals surface area contributed by atoms with Gasteiger partial charge < -0.3 is 5.73 Å². The zero-order valence-electron chi connectivity index (χ0n) is 11.8. The van der Waals surface area contributed by atoms with Crippen molar-refractivity contribution in [3.63, 3.8) is 0 Å². The van der Waals surface area contributed by atoms with Crippen LogP contribution in [0.3, 0.4) is 0 Å². The normalized spacial score (nSPS) is 13.2. The summed E-state index contributed by atoms with van der Waals surface area (Å²) in [6, 6.07) is 6.06. The van der Waals surface area contributed by atoms with Gasteiger partial charge in [0.1, 0.15) is 4.90 Å². The number of hydrogen-bond donors (Lipinski definition) is 1. The van der Waals surface area contributed by atoms with Crippen LogP contribution in [0.1, 0.15) is 18.9 Å². The molecule has 0 aliphatic carbocycles. The number of nitrogens with zero attached hydrogens (tertiary/aromatic N) is 2. The molecule has 0 aliphatic rings. The smallest absolute Gasteiger partial charge is 0.245 e. The molecule has 1 rings (SSSR count). The highest BCUT2D eigenvalue weighted by atomic mass is 32.2. The molecule has 5 nitrogen and oxygen atoms in total. The highest BCUT2D eigenvalue weighted by Crippen LogP contribution is 2.24. The van der Waals surface area contributed by atoms with Crippen molar-refractivity contribution in [1.82, 2.24) is 4.31 Å². The Morgan fingerprint density at radius 2 is 2.15 bits per heavy atom.